The van der Waals surface area contributed by atoms with Crippen molar-refractivity contribution in [3.05, 3.63) is 54.6 Å². The minimum atomic E-state index is -1.08. The second kappa shape index (κ2) is 9.49. The maximum atomic E-state index is 13.0. The van der Waals surface area contributed by atoms with Crippen molar-refractivity contribution >= 4 is 62.6 Å². The van der Waals surface area contributed by atoms with Crippen molar-refractivity contribution in [2.24, 2.45) is 0 Å². The number of nitrogens with one attached hydrogen (secondary N) is 1. The molecule has 0 saturated carbocycles. The van der Waals surface area contributed by atoms with Gasteiger partial charge in [-0.05, 0) is 24.3 Å². The van der Waals surface area contributed by atoms with Crippen LogP contribution in [-0.2, 0) is 19.2 Å². The molecule has 4 amide bonds. The number of hydrogen-bond donors (Lipinski definition) is 1. The Balaban J connectivity index is 1.45. The first-order valence-corrected chi connectivity index (χ1v) is 11.8. The number of thioether (sulfide) groups is 1. The molecule has 164 valence electrons. The SMILES string of the molecule is CCC(=O)N(NC(=O)CSc1nc2ccccc2s1)C1CC(=O)N(c2ccccc2)C1=O. The molecule has 4 rings (SSSR count). The van der Waals surface area contributed by atoms with Gasteiger partial charge < -0.3 is 0 Å². The molecule has 3 aromatic rings. The number of thiazole rings is 1. The first-order chi connectivity index (χ1) is 15.5. The van der Waals surface area contributed by atoms with Crippen LogP contribution in [0.15, 0.2) is 58.9 Å². The first-order valence-electron chi connectivity index (χ1n) is 9.99. The molecule has 2 heterocycles. The van der Waals surface area contributed by atoms with Crippen molar-refractivity contribution in [1.29, 1.82) is 0 Å². The highest BCUT2D eigenvalue weighted by Gasteiger charge is 2.44. The quantitative estimate of drug-likeness (QED) is 0.339. The second-order valence-electron chi connectivity index (χ2n) is 7.01. The van der Waals surface area contributed by atoms with Crippen LogP contribution < -0.4 is 10.3 Å². The Morgan fingerprint density at radius 2 is 1.88 bits per heavy atom. The van der Waals surface area contributed by atoms with Crippen LogP contribution in [0, 0.1) is 0 Å². The van der Waals surface area contributed by atoms with Crippen molar-refractivity contribution < 1.29 is 19.2 Å². The Labute approximate surface area is 192 Å². The molecular weight excluding hydrogens is 448 g/mol. The average Bonchev–Trinajstić information content (AvgIpc) is 3.35. The largest absolute Gasteiger partial charge is 0.274 e. The molecule has 10 heteroatoms. The number of hydrogen-bond acceptors (Lipinski definition) is 7. The fourth-order valence-electron chi connectivity index (χ4n) is 3.36. The Hall–Kier alpha value is -3.24. The minimum Gasteiger partial charge on any atom is -0.274 e. The van der Waals surface area contributed by atoms with Crippen LogP contribution in [0.5, 0.6) is 0 Å². The van der Waals surface area contributed by atoms with Crippen molar-refractivity contribution in [3.8, 4) is 0 Å². The summed E-state index contributed by atoms with van der Waals surface area (Å²) in [5, 5.41) is 1.00. The van der Waals surface area contributed by atoms with E-state index in [2.05, 4.69) is 10.4 Å². The van der Waals surface area contributed by atoms with Crippen LogP contribution in [0.1, 0.15) is 19.8 Å². The van der Waals surface area contributed by atoms with Gasteiger partial charge in [-0.3, -0.25) is 24.6 Å². The number of carbonyl (C=O) groups is 4. The maximum absolute atomic E-state index is 13.0. The van der Waals surface area contributed by atoms with Gasteiger partial charge in [0.2, 0.25) is 17.7 Å². The number of fused-ring (bicyclic) bond motifs is 1. The molecule has 1 aliphatic heterocycles. The number of benzene rings is 2. The fraction of sp³-hybridized carbons (Fsp3) is 0.227. The lowest BCUT2D eigenvalue weighted by molar-refractivity contribution is -0.146. The Morgan fingerprint density at radius 1 is 1.16 bits per heavy atom. The Kier molecular flexibility index (Phi) is 6.52. The molecule has 1 N–H and O–H groups in total. The summed E-state index contributed by atoms with van der Waals surface area (Å²) in [4.78, 5) is 56.2. The standard InChI is InChI=1S/C22H20N4O4S2/c1-2-19(28)26(16-12-20(29)25(21(16)30)14-8-4-3-5-9-14)24-18(27)13-31-22-23-15-10-6-7-11-17(15)32-22/h3-11,16H,2,12-13H2,1H3,(H,24,27). The number of hydrazine groups is 1. The third-order valence-electron chi connectivity index (χ3n) is 4.87. The minimum absolute atomic E-state index is 0.0184. The summed E-state index contributed by atoms with van der Waals surface area (Å²) < 4.78 is 1.76. The van der Waals surface area contributed by atoms with Crippen LogP contribution in [0.4, 0.5) is 5.69 Å². The molecule has 1 unspecified atom stereocenters. The van der Waals surface area contributed by atoms with Gasteiger partial charge in [-0.1, -0.05) is 49.0 Å². The Bertz CT molecular complexity index is 1150. The van der Waals surface area contributed by atoms with Crippen molar-refractivity contribution in [3.63, 3.8) is 0 Å². The lowest BCUT2D eigenvalue weighted by Gasteiger charge is -2.27. The lowest BCUT2D eigenvalue weighted by Crippen LogP contribution is -2.55. The van der Waals surface area contributed by atoms with Gasteiger partial charge in [0.1, 0.15) is 6.04 Å². The van der Waals surface area contributed by atoms with E-state index in [9.17, 15) is 19.2 Å². The van der Waals surface area contributed by atoms with Crippen molar-refractivity contribution in [2.75, 3.05) is 10.7 Å². The van der Waals surface area contributed by atoms with E-state index in [1.165, 1.54) is 23.1 Å². The predicted octanol–water partition coefficient (Wildman–Crippen LogP) is 2.99. The number of aromatic nitrogens is 1. The second-order valence-corrected chi connectivity index (χ2v) is 9.26. The highest BCUT2D eigenvalue weighted by molar-refractivity contribution is 8.01. The smallest absolute Gasteiger partial charge is 0.259 e. The fourth-order valence-corrected chi connectivity index (χ4v) is 5.22. The van der Waals surface area contributed by atoms with E-state index in [1.807, 2.05) is 24.3 Å². The third kappa shape index (κ3) is 4.51. The van der Waals surface area contributed by atoms with Gasteiger partial charge in [0.15, 0.2) is 4.34 Å². The Morgan fingerprint density at radius 3 is 2.59 bits per heavy atom. The molecule has 8 nitrogen and oxygen atoms in total. The lowest BCUT2D eigenvalue weighted by atomic mass is 10.2. The summed E-state index contributed by atoms with van der Waals surface area (Å²) in [5.74, 6) is -1.83. The zero-order valence-corrected chi connectivity index (χ0v) is 18.8. The maximum Gasteiger partial charge on any atom is 0.259 e. The number of para-hydroxylation sites is 2. The highest BCUT2D eigenvalue weighted by Crippen LogP contribution is 2.29. The molecule has 1 atom stereocenters. The number of nitrogens with zero attached hydrogens (tertiary/aromatic N) is 3. The van der Waals surface area contributed by atoms with E-state index in [0.717, 1.165) is 24.5 Å². The topological polar surface area (TPSA) is 99.7 Å². The van der Waals surface area contributed by atoms with Gasteiger partial charge in [-0.15, -0.1) is 11.3 Å². The number of rotatable bonds is 6. The van der Waals surface area contributed by atoms with E-state index in [1.54, 1.807) is 37.3 Å². The van der Waals surface area contributed by atoms with Crippen LogP contribution >= 0.6 is 23.1 Å². The summed E-state index contributed by atoms with van der Waals surface area (Å²) >= 11 is 2.73. The molecule has 2 aromatic carbocycles. The number of amides is 4. The van der Waals surface area contributed by atoms with Gasteiger partial charge in [-0.2, -0.15) is 0 Å². The van der Waals surface area contributed by atoms with Gasteiger partial charge >= 0.3 is 0 Å². The van der Waals surface area contributed by atoms with Crippen molar-refractivity contribution in [1.82, 2.24) is 15.4 Å². The number of anilines is 1. The number of imide groups is 1. The molecule has 0 bridgehead atoms. The third-order valence-corrected chi connectivity index (χ3v) is 7.05. The van der Waals surface area contributed by atoms with E-state index >= 15 is 0 Å². The summed E-state index contributed by atoms with van der Waals surface area (Å²) in [6.45, 7) is 1.63. The zero-order chi connectivity index (χ0) is 22.7. The first kappa shape index (κ1) is 22.0. The molecule has 0 radical (unpaired) electrons. The number of carbonyl (C=O) groups excluding carboxylic acids is 4. The summed E-state index contributed by atoms with van der Waals surface area (Å²) in [6.07, 6.45) is -0.112. The van der Waals surface area contributed by atoms with Crippen LogP contribution in [0.25, 0.3) is 10.2 Å². The molecule has 0 spiro atoms. The summed E-state index contributed by atoms with van der Waals surface area (Å²) in [7, 11) is 0. The molecule has 1 aliphatic rings. The van der Waals surface area contributed by atoms with E-state index < -0.39 is 29.7 Å². The zero-order valence-electron chi connectivity index (χ0n) is 17.2. The summed E-state index contributed by atoms with van der Waals surface area (Å²) in [5.41, 5.74) is 3.83. The monoisotopic (exact) mass is 468 g/mol. The molecule has 1 fully saturated rings. The van der Waals surface area contributed by atoms with Gasteiger partial charge in [0.25, 0.3) is 5.91 Å². The van der Waals surface area contributed by atoms with E-state index in [4.69, 9.17) is 0 Å². The molecule has 1 saturated heterocycles. The molecule has 32 heavy (non-hydrogen) atoms. The van der Waals surface area contributed by atoms with Gasteiger partial charge in [0, 0.05) is 6.42 Å². The van der Waals surface area contributed by atoms with Crippen LogP contribution in [-0.4, -0.2) is 45.4 Å². The van der Waals surface area contributed by atoms with Crippen LogP contribution in [0.3, 0.4) is 0 Å². The van der Waals surface area contributed by atoms with Gasteiger partial charge in [-0.25, -0.2) is 14.9 Å². The summed E-state index contributed by atoms with van der Waals surface area (Å²) in [6, 6.07) is 15.1. The predicted molar refractivity (Wildman–Crippen MR) is 123 cm³/mol. The molecular formula is C22H20N4O4S2. The average molecular weight is 469 g/mol. The van der Waals surface area contributed by atoms with Crippen molar-refractivity contribution in [2.45, 2.75) is 30.1 Å². The van der Waals surface area contributed by atoms with E-state index in [0.29, 0.717) is 5.69 Å². The highest BCUT2D eigenvalue weighted by atomic mass is 32.2. The molecule has 0 aliphatic carbocycles. The van der Waals surface area contributed by atoms with Crippen LogP contribution in [0.2, 0.25) is 0 Å². The van der Waals surface area contributed by atoms with E-state index in [-0.39, 0.29) is 18.6 Å². The normalized spacial score (nSPS) is 15.9. The van der Waals surface area contributed by atoms with Gasteiger partial charge in [0.05, 0.1) is 28.1 Å². The molecule has 1 aromatic heterocycles.